The smallest absolute Gasteiger partial charge is 0.307 e. The maximum Gasteiger partial charge on any atom is 0.307 e. The Balaban J connectivity index is 4.17. The zero-order valence-corrected chi connectivity index (χ0v) is 9.70. The highest BCUT2D eigenvalue weighted by molar-refractivity contribution is 5.80. The predicted molar refractivity (Wildman–Crippen MR) is 57.2 cm³/mol. The highest BCUT2D eigenvalue weighted by Gasteiger charge is 2.27. The van der Waals surface area contributed by atoms with Gasteiger partial charge in [-0.2, -0.15) is 0 Å². The minimum atomic E-state index is -0.855. The summed E-state index contributed by atoms with van der Waals surface area (Å²) >= 11 is 0. The number of amides is 1. The van der Waals surface area contributed by atoms with Gasteiger partial charge in [0.25, 0.3) is 0 Å². The van der Waals surface area contributed by atoms with E-state index in [1.807, 2.05) is 0 Å². The third-order valence-electron chi connectivity index (χ3n) is 2.67. The van der Waals surface area contributed by atoms with Gasteiger partial charge in [-0.15, -0.1) is 0 Å². The van der Waals surface area contributed by atoms with Crippen molar-refractivity contribution in [3.05, 3.63) is 0 Å². The van der Waals surface area contributed by atoms with Crippen LogP contribution >= 0.6 is 0 Å². The third-order valence-corrected chi connectivity index (χ3v) is 2.67. The lowest BCUT2D eigenvalue weighted by molar-refractivity contribution is -0.141. The van der Waals surface area contributed by atoms with Gasteiger partial charge in [0, 0.05) is 12.6 Å². The topological polar surface area (TPSA) is 92.4 Å². The summed E-state index contributed by atoms with van der Waals surface area (Å²) in [6, 6.07) is -0.193. The summed E-state index contributed by atoms with van der Waals surface area (Å²) in [5.41, 5.74) is 4.54. The molecule has 0 aromatic rings. The molecule has 0 aliphatic heterocycles. The van der Waals surface area contributed by atoms with Gasteiger partial charge in [-0.3, -0.25) is 9.59 Å². The number of rotatable bonds is 6. The van der Waals surface area contributed by atoms with Gasteiger partial charge in [0.1, 0.15) is 0 Å². The van der Waals surface area contributed by atoms with E-state index in [4.69, 9.17) is 10.8 Å². The number of carboxylic acids is 1. The van der Waals surface area contributed by atoms with Gasteiger partial charge in [-0.05, 0) is 20.8 Å². The van der Waals surface area contributed by atoms with E-state index >= 15 is 0 Å². The van der Waals surface area contributed by atoms with E-state index in [2.05, 4.69) is 5.32 Å². The van der Waals surface area contributed by atoms with Gasteiger partial charge in [0.15, 0.2) is 0 Å². The molecule has 5 heteroatoms. The van der Waals surface area contributed by atoms with Gasteiger partial charge < -0.3 is 16.2 Å². The average molecular weight is 216 g/mol. The summed E-state index contributed by atoms with van der Waals surface area (Å²) in [6.45, 7) is 7.22. The molecule has 15 heavy (non-hydrogen) atoms. The first-order valence-corrected chi connectivity index (χ1v) is 4.94. The molecule has 0 rings (SSSR count). The summed E-state index contributed by atoms with van der Waals surface area (Å²) in [6.07, 6.45) is 0. The summed E-state index contributed by atoms with van der Waals surface area (Å²) in [5.74, 6) is -1.74. The molecule has 5 nitrogen and oxygen atoms in total. The van der Waals surface area contributed by atoms with Crippen molar-refractivity contribution < 1.29 is 14.7 Å². The van der Waals surface area contributed by atoms with Crippen molar-refractivity contribution in [3.63, 3.8) is 0 Å². The molecule has 0 aliphatic rings. The third kappa shape index (κ3) is 4.29. The van der Waals surface area contributed by atoms with Crippen molar-refractivity contribution in [1.82, 2.24) is 5.32 Å². The van der Waals surface area contributed by atoms with E-state index in [1.54, 1.807) is 27.7 Å². The standard InChI is InChI=1S/C10H20N2O3/c1-6(8(13)14)7(2)12-5-10(3,4)9(11)15/h6-7,12H,5H2,1-4H3,(H2,11,15)(H,13,14). The average Bonchev–Trinajstić information content (AvgIpc) is 2.12. The molecular formula is C10H20N2O3. The fraction of sp³-hybridized carbons (Fsp3) is 0.800. The largest absolute Gasteiger partial charge is 0.481 e. The zero-order chi connectivity index (χ0) is 12.2. The van der Waals surface area contributed by atoms with Crippen molar-refractivity contribution in [2.24, 2.45) is 17.1 Å². The van der Waals surface area contributed by atoms with E-state index < -0.39 is 23.2 Å². The number of hydrogen-bond acceptors (Lipinski definition) is 3. The molecule has 0 aliphatic carbocycles. The van der Waals surface area contributed by atoms with Crippen LogP contribution in [0.5, 0.6) is 0 Å². The number of hydrogen-bond donors (Lipinski definition) is 3. The maximum atomic E-state index is 11.0. The first-order chi connectivity index (χ1) is 6.68. The van der Waals surface area contributed by atoms with E-state index in [0.717, 1.165) is 0 Å². The molecule has 0 radical (unpaired) electrons. The lowest BCUT2D eigenvalue weighted by atomic mass is 9.91. The number of nitrogens with one attached hydrogen (secondary N) is 1. The molecule has 2 unspecified atom stereocenters. The number of aliphatic carboxylic acids is 1. The molecule has 4 N–H and O–H groups in total. The van der Waals surface area contributed by atoms with Crippen LogP contribution in [0, 0.1) is 11.3 Å². The number of carbonyl (C=O) groups excluding carboxylic acids is 1. The van der Waals surface area contributed by atoms with Crippen molar-refractivity contribution in [1.29, 1.82) is 0 Å². The van der Waals surface area contributed by atoms with E-state index in [9.17, 15) is 9.59 Å². The normalized spacial score (nSPS) is 15.7. The highest BCUT2D eigenvalue weighted by Crippen LogP contribution is 2.13. The minimum Gasteiger partial charge on any atom is -0.481 e. The van der Waals surface area contributed by atoms with Crippen molar-refractivity contribution in [2.45, 2.75) is 33.7 Å². The maximum absolute atomic E-state index is 11.0. The van der Waals surface area contributed by atoms with E-state index in [1.165, 1.54) is 0 Å². The van der Waals surface area contributed by atoms with Gasteiger partial charge in [-0.25, -0.2) is 0 Å². The van der Waals surface area contributed by atoms with Crippen LogP contribution in [0.4, 0.5) is 0 Å². The van der Waals surface area contributed by atoms with Crippen molar-refractivity contribution in [2.75, 3.05) is 6.54 Å². The Morgan fingerprint density at radius 1 is 1.40 bits per heavy atom. The molecule has 0 bridgehead atoms. The molecular weight excluding hydrogens is 196 g/mol. The second-order valence-electron chi connectivity index (χ2n) is 4.54. The van der Waals surface area contributed by atoms with Crippen LogP contribution in [-0.4, -0.2) is 29.6 Å². The first-order valence-electron chi connectivity index (χ1n) is 4.94. The summed E-state index contributed by atoms with van der Waals surface area (Å²) in [7, 11) is 0. The number of carbonyl (C=O) groups is 2. The zero-order valence-electron chi connectivity index (χ0n) is 9.70. The van der Waals surface area contributed by atoms with Crippen LogP contribution in [-0.2, 0) is 9.59 Å². The SMILES string of the molecule is CC(NCC(C)(C)C(N)=O)C(C)C(=O)O. The van der Waals surface area contributed by atoms with Gasteiger partial charge >= 0.3 is 5.97 Å². The first kappa shape index (κ1) is 13.9. The fourth-order valence-electron chi connectivity index (χ4n) is 0.894. The molecule has 0 saturated carbocycles. The van der Waals surface area contributed by atoms with Gasteiger partial charge in [-0.1, -0.05) is 6.92 Å². The summed E-state index contributed by atoms with van der Waals surface area (Å²) in [4.78, 5) is 21.7. The van der Waals surface area contributed by atoms with E-state index in [-0.39, 0.29) is 6.04 Å². The molecule has 0 aromatic heterocycles. The number of nitrogens with two attached hydrogens (primary N) is 1. The molecule has 0 heterocycles. The molecule has 0 saturated heterocycles. The van der Waals surface area contributed by atoms with Gasteiger partial charge in [0.2, 0.25) is 5.91 Å². The minimum absolute atomic E-state index is 0.193. The van der Waals surface area contributed by atoms with Crippen molar-refractivity contribution >= 4 is 11.9 Å². The highest BCUT2D eigenvalue weighted by atomic mass is 16.4. The molecule has 1 amide bonds. The number of primary amides is 1. The molecule has 0 spiro atoms. The Morgan fingerprint density at radius 2 is 1.87 bits per heavy atom. The van der Waals surface area contributed by atoms with Crippen LogP contribution in [0.1, 0.15) is 27.7 Å². The van der Waals surface area contributed by atoms with Crippen LogP contribution in [0.3, 0.4) is 0 Å². The van der Waals surface area contributed by atoms with E-state index in [0.29, 0.717) is 6.54 Å². The molecule has 88 valence electrons. The number of carboxylic acid groups (broad SMARTS) is 1. The fourth-order valence-corrected chi connectivity index (χ4v) is 0.894. The Bertz CT molecular complexity index is 251. The van der Waals surface area contributed by atoms with Crippen LogP contribution < -0.4 is 11.1 Å². The second kappa shape index (κ2) is 5.11. The molecule has 0 aromatic carbocycles. The lowest BCUT2D eigenvalue weighted by Crippen LogP contribution is -2.45. The quantitative estimate of drug-likeness (QED) is 0.591. The molecule has 2 atom stereocenters. The summed E-state index contributed by atoms with van der Waals surface area (Å²) < 4.78 is 0. The Morgan fingerprint density at radius 3 is 2.20 bits per heavy atom. The van der Waals surface area contributed by atoms with Crippen LogP contribution in [0.15, 0.2) is 0 Å². The Hall–Kier alpha value is -1.10. The van der Waals surface area contributed by atoms with Gasteiger partial charge in [0.05, 0.1) is 11.3 Å². The lowest BCUT2D eigenvalue weighted by Gasteiger charge is -2.25. The Labute approximate surface area is 90.0 Å². The predicted octanol–water partition coefficient (Wildman–Crippen LogP) is 0.197. The monoisotopic (exact) mass is 216 g/mol. The van der Waals surface area contributed by atoms with Crippen LogP contribution in [0.2, 0.25) is 0 Å². The second-order valence-corrected chi connectivity index (χ2v) is 4.54. The Kier molecular flexibility index (Phi) is 4.74. The van der Waals surface area contributed by atoms with Crippen LogP contribution in [0.25, 0.3) is 0 Å². The van der Waals surface area contributed by atoms with Crippen molar-refractivity contribution in [3.8, 4) is 0 Å². The molecule has 0 fully saturated rings. The summed E-state index contributed by atoms with van der Waals surface area (Å²) in [5, 5.41) is 11.8.